The first-order chi connectivity index (χ1) is 9.10. The van der Waals surface area contributed by atoms with Crippen LogP contribution in [0.15, 0.2) is 5.38 Å². The Morgan fingerprint density at radius 2 is 2.26 bits per heavy atom. The van der Waals surface area contributed by atoms with E-state index in [9.17, 15) is 4.79 Å². The molecule has 0 aromatic carbocycles. The average molecular weight is 279 g/mol. The predicted octanol–water partition coefficient (Wildman–Crippen LogP) is 2.59. The number of anilines is 1. The minimum absolute atomic E-state index is 0.157. The van der Waals surface area contributed by atoms with Gasteiger partial charge in [-0.3, -0.25) is 15.2 Å². The fourth-order valence-corrected chi connectivity index (χ4v) is 2.37. The van der Waals surface area contributed by atoms with Gasteiger partial charge in [0.05, 0.1) is 5.69 Å². The molecule has 0 radical (unpaired) electrons. The summed E-state index contributed by atoms with van der Waals surface area (Å²) < 4.78 is 0. The van der Waals surface area contributed by atoms with Crippen LogP contribution in [0.5, 0.6) is 0 Å². The van der Waals surface area contributed by atoms with Crippen LogP contribution in [0.4, 0.5) is 5.13 Å². The molecule has 19 heavy (non-hydrogen) atoms. The highest BCUT2D eigenvalue weighted by atomic mass is 32.1. The molecule has 0 unspecified atom stereocenters. The van der Waals surface area contributed by atoms with E-state index in [1.54, 1.807) is 0 Å². The molecule has 102 valence electrons. The van der Waals surface area contributed by atoms with E-state index in [1.807, 2.05) is 12.3 Å². The number of carbonyl (C=O) groups is 1. The van der Waals surface area contributed by atoms with Crippen molar-refractivity contribution in [2.75, 3.05) is 5.32 Å². The predicted molar refractivity (Wildman–Crippen MR) is 74.5 cm³/mol. The van der Waals surface area contributed by atoms with E-state index in [1.165, 1.54) is 11.3 Å². The van der Waals surface area contributed by atoms with Crippen molar-refractivity contribution in [2.24, 2.45) is 0 Å². The molecule has 0 aliphatic heterocycles. The lowest BCUT2D eigenvalue weighted by molar-refractivity contribution is 0.101. The summed E-state index contributed by atoms with van der Waals surface area (Å²) >= 11 is 1.41. The topological polar surface area (TPSA) is 83.6 Å². The molecule has 2 aromatic heterocycles. The van der Waals surface area contributed by atoms with Gasteiger partial charge in [0.25, 0.3) is 5.91 Å². The number of hydrogen-bond acceptors (Lipinski definition) is 5. The molecule has 6 nitrogen and oxygen atoms in total. The van der Waals surface area contributed by atoms with Gasteiger partial charge < -0.3 is 0 Å². The molecular formula is C12H17N5OS. The highest BCUT2D eigenvalue weighted by molar-refractivity contribution is 7.14. The fraction of sp³-hybridized carbons (Fsp3) is 0.500. The number of rotatable bonds is 5. The van der Waals surface area contributed by atoms with Gasteiger partial charge in [0.2, 0.25) is 5.82 Å². The van der Waals surface area contributed by atoms with E-state index in [4.69, 9.17) is 0 Å². The summed E-state index contributed by atoms with van der Waals surface area (Å²) in [6, 6.07) is 0. The number of thiazole rings is 1. The molecule has 0 aliphatic rings. The van der Waals surface area contributed by atoms with Crippen molar-refractivity contribution in [1.29, 1.82) is 0 Å². The molecule has 0 saturated carbocycles. The second kappa shape index (κ2) is 5.92. The molecule has 7 heteroatoms. The van der Waals surface area contributed by atoms with Crippen molar-refractivity contribution in [2.45, 2.75) is 39.5 Å². The molecule has 0 fully saturated rings. The Bertz CT molecular complexity index is 560. The van der Waals surface area contributed by atoms with Gasteiger partial charge in [0.1, 0.15) is 5.82 Å². The first-order valence-corrected chi connectivity index (χ1v) is 7.16. The summed E-state index contributed by atoms with van der Waals surface area (Å²) in [5.74, 6) is 0.907. The first-order valence-electron chi connectivity index (χ1n) is 6.28. The molecule has 0 saturated heterocycles. The Labute approximate surface area is 115 Å². The van der Waals surface area contributed by atoms with Crippen LogP contribution in [0.1, 0.15) is 55.2 Å². The monoisotopic (exact) mass is 279 g/mol. The van der Waals surface area contributed by atoms with Crippen molar-refractivity contribution in [3.63, 3.8) is 0 Å². The standard InChI is InChI=1S/C12H17N5OS/c1-4-5-9-14-10(17-16-9)11(18)15-12-13-8(6-19-12)7(2)3/h6-7H,4-5H2,1-3H3,(H,13,15,18)(H,14,16,17). The Hall–Kier alpha value is -1.76. The molecule has 1 amide bonds. The van der Waals surface area contributed by atoms with Gasteiger partial charge in [-0.2, -0.15) is 0 Å². The summed E-state index contributed by atoms with van der Waals surface area (Å²) in [4.78, 5) is 20.4. The Morgan fingerprint density at radius 3 is 2.89 bits per heavy atom. The SMILES string of the molecule is CCCc1nc(C(=O)Nc2nc(C(C)C)cs2)n[nH]1. The molecule has 2 aromatic rings. The molecule has 0 spiro atoms. The van der Waals surface area contributed by atoms with Crippen LogP contribution < -0.4 is 5.32 Å². The van der Waals surface area contributed by atoms with Crippen LogP contribution in [0.25, 0.3) is 0 Å². The summed E-state index contributed by atoms with van der Waals surface area (Å²) in [5.41, 5.74) is 0.974. The minimum atomic E-state index is -0.330. The maximum absolute atomic E-state index is 11.9. The van der Waals surface area contributed by atoms with Gasteiger partial charge in [-0.1, -0.05) is 20.8 Å². The summed E-state index contributed by atoms with van der Waals surface area (Å²) in [6.07, 6.45) is 1.75. The lowest BCUT2D eigenvalue weighted by atomic mass is 10.2. The van der Waals surface area contributed by atoms with Crippen LogP contribution in [0.3, 0.4) is 0 Å². The third-order valence-corrected chi connectivity index (χ3v) is 3.33. The number of aromatic amines is 1. The zero-order valence-corrected chi connectivity index (χ0v) is 12.0. The molecule has 2 rings (SSSR count). The van der Waals surface area contributed by atoms with Gasteiger partial charge >= 0.3 is 0 Å². The van der Waals surface area contributed by atoms with Crippen LogP contribution in [0, 0.1) is 0 Å². The van der Waals surface area contributed by atoms with E-state index in [2.05, 4.69) is 39.3 Å². The van der Waals surface area contributed by atoms with Crippen molar-refractivity contribution >= 4 is 22.4 Å². The summed E-state index contributed by atoms with van der Waals surface area (Å²) in [6.45, 7) is 6.17. The largest absolute Gasteiger partial charge is 0.297 e. The maximum Gasteiger partial charge on any atom is 0.297 e. The van der Waals surface area contributed by atoms with Crippen LogP contribution in [-0.4, -0.2) is 26.1 Å². The maximum atomic E-state index is 11.9. The Kier molecular flexibility index (Phi) is 4.26. The number of amides is 1. The van der Waals surface area contributed by atoms with E-state index in [0.29, 0.717) is 11.0 Å². The van der Waals surface area contributed by atoms with Gasteiger partial charge in [0, 0.05) is 11.8 Å². The van der Waals surface area contributed by atoms with Crippen molar-refractivity contribution in [3.8, 4) is 0 Å². The third kappa shape index (κ3) is 3.37. The summed E-state index contributed by atoms with van der Waals surface area (Å²) in [5, 5.41) is 11.9. The smallest absolute Gasteiger partial charge is 0.295 e. The molecule has 0 bridgehead atoms. The van der Waals surface area contributed by atoms with Crippen molar-refractivity contribution < 1.29 is 4.79 Å². The average Bonchev–Trinajstić information content (AvgIpc) is 2.98. The zero-order valence-electron chi connectivity index (χ0n) is 11.2. The van der Waals surface area contributed by atoms with Crippen LogP contribution >= 0.6 is 11.3 Å². The number of carbonyl (C=O) groups excluding carboxylic acids is 1. The number of aryl methyl sites for hydroxylation is 1. The minimum Gasteiger partial charge on any atom is -0.295 e. The molecule has 2 heterocycles. The van der Waals surface area contributed by atoms with Gasteiger partial charge in [-0.05, 0) is 12.3 Å². The Balaban J connectivity index is 2.02. The number of nitrogens with zero attached hydrogens (tertiary/aromatic N) is 3. The highest BCUT2D eigenvalue weighted by Gasteiger charge is 2.14. The third-order valence-electron chi connectivity index (χ3n) is 2.56. The van der Waals surface area contributed by atoms with Crippen LogP contribution in [0.2, 0.25) is 0 Å². The van der Waals surface area contributed by atoms with Gasteiger partial charge in [-0.25, -0.2) is 9.97 Å². The molecular weight excluding hydrogens is 262 g/mol. The quantitative estimate of drug-likeness (QED) is 0.881. The number of aromatic nitrogens is 4. The lowest BCUT2D eigenvalue weighted by Crippen LogP contribution is -2.13. The Morgan fingerprint density at radius 1 is 1.47 bits per heavy atom. The van der Waals surface area contributed by atoms with Gasteiger partial charge in [0.15, 0.2) is 5.13 Å². The number of hydrogen-bond donors (Lipinski definition) is 2. The summed E-state index contributed by atoms with van der Waals surface area (Å²) in [7, 11) is 0. The second-order valence-corrected chi connectivity index (χ2v) is 5.40. The van der Waals surface area contributed by atoms with Gasteiger partial charge in [-0.15, -0.1) is 16.4 Å². The first kappa shape index (κ1) is 13.7. The fourth-order valence-electron chi connectivity index (χ4n) is 1.51. The number of nitrogens with one attached hydrogen (secondary N) is 2. The zero-order chi connectivity index (χ0) is 13.8. The number of H-pyrrole nitrogens is 1. The highest BCUT2D eigenvalue weighted by Crippen LogP contribution is 2.21. The lowest BCUT2D eigenvalue weighted by Gasteiger charge is -1.98. The van der Waals surface area contributed by atoms with Crippen molar-refractivity contribution in [3.05, 3.63) is 22.7 Å². The van der Waals surface area contributed by atoms with E-state index >= 15 is 0 Å². The molecule has 0 aliphatic carbocycles. The molecule has 0 atom stereocenters. The van der Waals surface area contributed by atoms with E-state index < -0.39 is 0 Å². The van der Waals surface area contributed by atoms with Crippen molar-refractivity contribution in [1.82, 2.24) is 20.2 Å². The molecule has 2 N–H and O–H groups in total. The second-order valence-electron chi connectivity index (χ2n) is 4.54. The van der Waals surface area contributed by atoms with E-state index in [-0.39, 0.29) is 11.7 Å². The van der Waals surface area contributed by atoms with E-state index in [0.717, 1.165) is 24.4 Å². The van der Waals surface area contributed by atoms with Crippen LogP contribution in [-0.2, 0) is 6.42 Å². The normalized spacial score (nSPS) is 10.9.